The van der Waals surface area contributed by atoms with Crippen LogP contribution in [0.4, 0.5) is 0 Å². The Hall–Kier alpha value is -2.42. The first-order valence-corrected chi connectivity index (χ1v) is 11.1. The minimum atomic E-state index is -3.54. The summed E-state index contributed by atoms with van der Waals surface area (Å²) in [7, 11) is -0.549. The Morgan fingerprint density at radius 3 is 2.71 bits per heavy atom. The molecule has 8 heteroatoms. The van der Waals surface area contributed by atoms with Gasteiger partial charge in [-0.2, -0.15) is 0 Å². The third kappa shape index (κ3) is 4.04. The van der Waals surface area contributed by atoms with E-state index in [0.717, 1.165) is 11.9 Å². The Morgan fingerprint density at radius 1 is 1.29 bits per heavy atom. The van der Waals surface area contributed by atoms with Crippen molar-refractivity contribution in [2.75, 3.05) is 20.6 Å². The number of amides is 1. The van der Waals surface area contributed by atoms with Crippen molar-refractivity contribution in [1.82, 2.24) is 14.2 Å². The van der Waals surface area contributed by atoms with Crippen molar-refractivity contribution in [2.24, 2.45) is 0 Å². The van der Waals surface area contributed by atoms with Gasteiger partial charge in [-0.05, 0) is 42.1 Å². The molecule has 28 heavy (non-hydrogen) atoms. The molecule has 0 spiro atoms. The van der Waals surface area contributed by atoms with Gasteiger partial charge in [0.2, 0.25) is 10.0 Å². The van der Waals surface area contributed by atoms with Crippen molar-refractivity contribution in [3.8, 4) is 0 Å². The largest absolute Gasteiger partial charge is 0.350 e. The number of rotatable bonds is 8. The van der Waals surface area contributed by atoms with Gasteiger partial charge in [-0.1, -0.05) is 12.1 Å². The molecule has 0 bridgehead atoms. The highest BCUT2D eigenvalue weighted by molar-refractivity contribution is 7.89. The number of aromatic nitrogens is 1. The smallest absolute Gasteiger partial charge is 0.267 e. The Labute approximate surface area is 169 Å². The molecule has 1 amide bonds. The molecule has 148 valence electrons. The summed E-state index contributed by atoms with van der Waals surface area (Å²) >= 11 is 1.66. The van der Waals surface area contributed by atoms with Gasteiger partial charge in [0, 0.05) is 43.0 Å². The summed E-state index contributed by atoms with van der Waals surface area (Å²) in [6, 6.07) is 10.7. The molecule has 0 atom stereocenters. The van der Waals surface area contributed by atoms with Crippen molar-refractivity contribution in [2.45, 2.75) is 17.9 Å². The fourth-order valence-electron chi connectivity index (χ4n) is 2.98. The summed E-state index contributed by atoms with van der Waals surface area (Å²) in [6.45, 7) is 4.76. The van der Waals surface area contributed by atoms with E-state index in [-0.39, 0.29) is 10.8 Å². The molecule has 0 saturated carbocycles. The fraction of sp³-hybridized carbons (Fsp3) is 0.250. The van der Waals surface area contributed by atoms with Gasteiger partial charge in [0.1, 0.15) is 5.69 Å². The molecule has 6 nitrogen and oxygen atoms in total. The summed E-state index contributed by atoms with van der Waals surface area (Å²) in [5.74, 6) is -0.188. The molecule has 1 N–H and O–H groups in total. The van der Waals surface area contributed by atoms with Crippen LogP contribution < -0.4 is 5.32 Å². The third-order valence-electron chi connectivity index (χ3n) is 4.43. The molecule has 0 radical (unpaired) electrons. The van der Waals surface area contributed by atoms with Crippen LogP contribution in [0.3, 0.4) is 0 Å². The van der Waals surface area contributed by atoms with E-state index >= 15 is 0 Å². The van der Waals surface area contributed by atoms with Gasteiger partial charge in [0.15, 0.2) is 0 Å². The Balaban J connectivity index is 1.91. The Bertz CT molecular complexity index is 1100. The number of carbonyl (C=O) groups is 1. The van der Waals surface area contributed by atoms with E-state index < -0.39 is 10.0 Å². The van der Waals surface area contributed by atoms with E-state index in [4.69, 9.17) is 0 Å². The molecule has 1 aromatic carbocycles. The van der Waals surface area contributed by atoms with Gasteiger partial charge in [-0.3, -0.25) is 4.79 Å². The van der Waals surface area contributed by atoms with Gasteiger partial charge >= 0.3 is 0 Å². The first-order chi connectivity index (χ1) is 13.3. The number of hydrogen-bond acceptors (Lipinski definition) is 4. The molecule has 0 aliphatic heterocycles. The lowest BCUT2D eigenvalue weighted by atomic mass is 10.2. The van der Waals surface area contributed by atoms with Gasteiger partial charge < -0.3 is 9.88 Å². The Morgan fingerprint density at radius 2 is 2.07 bits per heavy atom. The van der Waals surface area contributed by atoms with E-state index in [0.29, 0.717) is 24.2 Å². The van der Waals surface area contributed by atoms with Crippen LogP contribution in [-0.4, -0.2) is 43.8 Å². The lowest BCUT2D eigenvalue weighted by molar-refractivity contribution is 0.0946. The van der Waals surface area contributed by atoms with Crippen LogP contribution in [0.25, 0.3) is 10.9 Å². The Kier molecular flexibility index (Phi) is 6.02. The summed E-state index contributed by atoms with van der Waals surface area (Å²) < 4.78 is 27.8. The zero-order valence-electron chi connectivity index (χ0n) is 15.9. The zero-order valence-corrected chi connectivity index (χ0v) is 17.5. The lowest BCUT2D eigenvalue weighted by Gasteiger charge is -2.12. The van der Waals surface area contributed by atoms with Crippen LogP contribution in [0.2, 0.25) is 0 Å². The summed E-state index contributed by atoms with van der Waals surface area (Å²) in [6.07, 6.45) is 2.49. The van der Waals surface area contributed by atoms with E-state index in [2.05, 4.69) is 11.9 Å². The number of sulfonamides is 1. The number of nitrogens with one attached hydrogen (secondary N) is 1. The van der Waals surface area contributed by atoms with Crippen molar-refractivity contribution in [1.29, 1.82) is 0 Å². The predicted octanol–water partition coefficient (Wildman–Crippen LogP) is 3.11. The molecule has 0 aliphatic carbocycles. The standard InChI is InChI=1S/C20H23N3O3S2/c1-4-11-23-18-8-7-17(28(25,26)22(2)3)13-15(18)14-19(23)20(24)21-10-9-16-6-5-12-27-16/h4-8,12-14H,1,9-11H2,2-3H3,(H,21,24). The predicted molar refractivity (Wildman–Crippen MR) is 113 cm³/mol. The molecular formula is C20H23N3O3S2. The number of fused-ring (bicyclic) bond motifs is 1. The van der Waals surface area contributed by atoms with Crippen molar-refractivity contribution >= 4 is 38.2 Å². The normalized spacial score (nSPS) is 11.8. The van der Waals surface area contributed by atoms with Gasteiger partial charge in [-0.15, -0.1) is 17.9 Å². The monoisotopic (exact) mass is 417 g/mol. The number of allylic oxidation sites excluding steroid dienone is 1. The summed E-state index contributed by atoms with van der Waals surface area (Å²) in [5.41, 5.74) is 1.28. The van der Waals surface area contributed by atoms with Gasteiger partial charge in [-0.25, -0.2) is 12.7 Å². The second kappa shape index (κ2) is 8.30. The van der Waals surface area contributed by atoms with Gasteiger partial charge in [0.05, 0.1) is 4.90 Å². The topological polar surface area (TPSA) is 71.4 Å². The second-order valence-electron chi connectivity index (χ2n) is 6.52. The summed E-state index contributed by atoms with van der Waals surface area (Å²) in [5, 5.41) is 5.66. The number of benzene rings is 1. The van der Waals surface area contributed by atoms with Crippen molar-refractivity contribution < 1.29 is 13.2 Å². The average Bonchev–Trinajstić information content (AvgIpc) is 3.29. The number of carbonyl (C=O) groups excluding carboxylic acids is 1. The average molecular weight is 418 g/mol. The third-order valence-corrected chi connectivity index (χ3v) is 7.18. The first-order valence-electron chi connectivity index (χ1n) is 8.82. The van der Waals surface area contributed by atoms with Crippen LogP contribution in [0, 0.1) is 0 Å². The molecule has 2 aromatic heterocycles. The highest BCUT2D eigenvalue weighted by atomic mass is 32.2. The van der Waals surface area contributed by atoms with Crippen LogP contribution >= 0.6 is 11.3 Å². The van der Waals surface area contributed by atoms with E-state index in [1.165, 1.54) is 23.3 Å². The second-order valence-corrected chi connectivity index (χ2v) is 9.71. The number of thiophene rings is 1. The molecule has 0 aliphatic rings. The van der Waals surface area contributed by atoms with Gasteiger partial charge in [0.25, 0.3) is 5.91 Å². The minimum absolute atomic E-state index is 0.188. The summed E-state index contributed by atoms with van der Waals surface area (Å²) in [4.78, 5) is 14.2. The molecular weight excluding hydrogens is 394 g/mol. The molecule has 0 fully saturated rings. The van der Waals surface area contributed by atoms with Crippen LogP contribution in [0.5, 0.6) is 0 Å². The highest BCUT2D eigenvalue weighted by Gasteiger charge is 2.20. The first kappa shape index (κ1) is 20.3. The zero-order chi connectivity index (χ0) is 20.3. The van der Waals surface area contributed by atoms with Crippen molar-refractivity contribution in [3.05, 3.63) is 65.0 Å². The quantitative estimate of drug-likeness (QED) is 0.573. The maximum Gasteiger partial charge on any atom is 0.267 e. The SMILES string of the molecule is C=CCn1c(C(=O)NCCc2cccs2)cc2cc(S(=O)(=O)N(C)C)ccc21. The van der Waals surface area contributed by atoms with E-state index in [1.807, 2.05) is 22.1 Å². The van der Waals surface area contributed by atoms with E-state index in [9.17, 15) is 13.2 Å². The fourth-order valence-corrected chi connectivity index (χ4v) is 4.63. The van der Waals surface area contributed by atoms with Crippen molar-refractivity contribution in [3.63, 3.8) is 0 Å². The van der Waals surface area contributed by atoms with Crippen LogP contribution in [0.15, 0.2) is 59.3 Å². The van der Waals surface area contributed by atoms with Crippen LogP contribution in [0.1, 0.15) is 15.4 Å². The number of hydrogen-bond donors (Lipinski definition) is 1. The maximum absolute atomic E-state index is 12.7. The van der Waals surface area contributed by atoms with E-state index in [1.54, 1.807) is 41.7 Å². The highest BCUT2D eigenvalue weighted by Crippen LogP contribution is 2.25. The molecule has 3 rings (SSSR count). The molecule has 3 aromatic rings. The molecule has 2 heterocycles. The number of nitrogens with zero attached hydrogens (tertiary/aromatic N) is 2. The molecule has 0 saturated heterocycles. The lowest BCUT2D eigenvalue weighted by Crippen LogP contribution is -2.27. The van der Waals surface area contributed by atoms with Crippen LogP contribution in [-0.2, 0) is 23.0 Å². The molecule has 0 unspecified atom stereocenters. The minimum Gasteiger partial charge on any atom is -0.350 e. The maximum atomic E-state index is 12.7.